The van der Waals surface area contributed by atoms with Crippen LogP contribution in [0.3, 0.4) is 0 Å². The number of nitrogens with two attached hydrogens (primary N) is 1. The van der Waals surface area contributed by atoms with Crippen LogP contribution in [0, 0.1) is 11.6 Å². The summed E-state index contributed by atoms with van der Waals surface area (Å²) < 4.78 is 29.7. The monoisotopic (exact) mass is 356 g/mol. The Morgan fingerprint density at radius 1 is 1.23 bits per heavy atom. The van der Waals surface area contributed by atoms with Gasteiger partial charge in [-0.1, -0.05) is 24.3 Å². The first kappa shape index (κ1) is 16.7. The van der Waals surface area contributed by atoms with Gasteiger partial charge in [-0.05, 0) is 37.0 Å². The lowest BCUT2D eigenvalue weighted by Gasteiger charge is -2.14. The molecule has 0 unspecified atom stereocenters. The summed E-state index contributed by atoms with van der Waals surface area (Å²) in [7, 11) is 0. The van der Waals surface area contributed by atoms with Gasteiger partial charge in [0.1, 0.15) is 17.4 Å². The molecule has 0 aromatic heterocycles. The fraction of sp³-hybridized carbons (Fsp3) is 0.250. The Bertz CT molecular complexity index is 957. The summed E-state index contributed by atoms with van der Waals surface area (Å²) in [6.07, 6.45) is 2.03. The van der Waals surface area contributed by atoms with Gasteiger partial charge in [0.25, 0.3) is 5.91 Å². The molecule has 4 rings (SSSR count). The van der Waals surface area contributed by atoms with E-state index in [4.69, 9.17) is 5.73 Å². The fourth-order valence-corrected chi connectivity index (χ4v) is 3.62. The highest BCUT2D eigenvalue weighted by Gasteiger charge is 2.42. The number of hydrogen-bond acceptors (Lipinski definition) is 3. The first-order valence-corrected chi connectivity index (χ1v) is 8.42. The van der Waals surface area contributed by atoms with Crippen LogP contribution < -0.4 is 11.1 Å². The van der Waals surface area contributed by atoms with Gasteiger partial charge >= 0.3 is 0 Å². The third kappa shape index (κ3) is 2.33. The molecule has 0 spiro atoms. The summed E-state index contributed by atoms with van der Waals surface area (Å²) in [5.41, 5.74) is 6.79. The van der Waals surface area contributed by atoms with Gasteiger partial charge in [-0.25, -0.2) is 8.78 Å². The van der Waals surface area contributed by atoms with Gasteiger partial charge in [-0.2, -0.15) is 0 Å². The van der Waals surface area contributed by atoms with Crippen LogP contribution in [-0.4, -0.2) is 17.6 Å². The van der Waals surface area contributed by atoms with Crippen molar-refractivity contribution in [1.29, 1.82) is 0 Å². The van der Waals surface area contributed by atoms with Gasteiger partial charge in [-0.15, -0.1) is 0 Å². The molecule has 2 aliphatic rings. The molecule has 1 aliphatic heterocycles. The summed E-state index contributed by atoms with van der Waals surface area (Å²) in [6.45, 7) is 1.84. The highest BCUT2D eigenvalue weighted by molar-refractivity contribution is 6.32. The van der Waals surface area contributed by atoms with E-state index in [9.17, 15) is 14.3 Å². The van der Waals surface area contributed by atoms with E-state index in [1.807, 2.05) is 12.1 Å². The predicted octanol–water partition coefficient (Wildman–Crippen LogP) is 3.86. The minimum atomic E-state index is -0.866. The summed E-state index contributed by atoms with van der Waals surface area (Å²) >= 11 is 0. The van der Waals surface area contributed by atoms with Crippen LogP contribution in [0.15, 0.2) is 36.1 Å². The molecule has 1 aliphatic carbocycles. The number of amides is 1. The topological polar surface area (TPSA) is 75.3 Å². The molecule has 0 bridgehead atoms. The largest absolute Gasteiger partial charge is 0.512 e. The summed E-state index contributed by atoms with van der Waals surface area (Å²) in [6, 6.07) is 8.10. The Balaban J connectivity index is 1.84. The summed E-state index contributed by atoms with van der Waals surface area (Å²) in [5.74, 6) is -2.60. The molecule has 4 N–H and O–H groups in total. The quantitative estimate of drug-likeness (QED) is 0.577. The van der Waals surface area contributed by atoms with E-state index in [0.717, 1.165) is 24.5 Å². The average Bonchev–Trinajstić information content (AvgIpc) is 3.32. The first-order chi connectivity index (χ1) is 12.4. The van der Waals surface area contributed by atoms with E-state index < -0.39 is 17.5 Å². The normalized spacial score (nSPS) is 19.2. The van der Waals surface area contributed by atoms with Crippen molar-refractivity contribution in [2.45, 2.75) is 25.2 Å². The van der Waals surface area contributed by atoms with Crippen LogP contribution in [-0.2, 0) is 10.2 Å². The van der Waals surface area contributed by atoms with Crippen molar-refractivity contribution in [2.75, 3.05) is 11.9 Å². The number of allylic oxidation sites excluding steroid dienone is 1. The van der Waals surface area contributed by atoms with Gasteiger partial charge in [0.05, 0.1) is 22.4 Å². The molecule has 0 saturated heterocycles. The molecule has 1 fully saturated rings. The molecule has 2 aromatic carbocycles. The number of anilines is 1. The van der Waals surface area contributed by atoms with E-state index in [2.05, 4.69) is 5.32 Å². The zero-order valence-electron chi connectivity index (χ0n) is 14.2. The lowest BCUT2D eigenvalue weighted by atomic mass is 9.92. The number of benzene rings is 2. The lowest BCUT2D eigenvalue weighted by molar-refractivity contribution is -0.110. The van der Waals surface area contributed by atoms with Crippen molar-refractivity contribution in [3.63, 3.8) is 0 Å². The molecule has 26 heavy (non-hydrogen) atoms. The number of aliphatic hydroxyl groups is 1. The Labute approximate surface area is 149 Å². The van der Waals surface area contributed by atoms with E-state index in [1.165, 1.54) is 6.92 Å². The van der Waals surface area contributed by atoms with Crippen LogP contribution in [0.5, 0.6) is 0 Å². The van der Waals surface area contributed by atoms with Gasteiger partial charge in [0.15, 0.2) is 0 Å². The number of halogens is 2. The minimum Gasteiger partial charge on any atom is -0.512 e. The number of fused-ring (bicyclic) bond motifs is 1. The Morgan fingerprint density at radius 3 is 2.42 bits per heavy atom. The SMILES string of the molecule is C/C(O)=C1\C(=O)Nc2cc(F)c(-c3ccc(C4(CN)CC4)cc3)c(F)c21. The zero-order valence-corrected chi connectivity index (χ0v) is 14.2. The second-order valence-electron chi connectivity index (χ2n) is 6.95. The Kier molecular flexibility index (Phi) is 3.63. The third-order valence-electron chi connectivity index (χ3n) is 5.34. The van der Waals surface area contributed by atoms with Crippen molar-refractivity contribution in [1.82, 2.24) is 0 Å². The molecule has 4 nitrogen and oxygen atoms in total. The number of rotatable bonds is 3. The fourth-order valence-electron chi connectivity index (χ4n) is 3.62. The van der Waals surface area contributed by atoms with Crippen molar-refractivity contribution < 1.29 is 18.7 Å². The van der Waals surface area contributed by atoms with Crippen molar-refractivity contribution in [3.8, 4) is 11.1 Å². The van der Waals surface area contributed by atoms with Crippen LogP contribution in [0.25, 0.3) is 16.7 Å². The van der Waals surface area contributed by atoms with E-state index in [-0.39, 0.29) is 33.6 Å². The average molecular weight is 356 g/mol. The van der Waals surface area contributed by atoms with Crippen molar-refractivity contribution in [3.05, 3.63) is 58.9 Å². The molecule has 1 saturated carbocycles. The van der Waals surface area contributed by atoms with Crippen molar-refractivity contribution >= 4 is 17.2 Å². The van der Waals surface area contributed by atoms with Crippen LogP contribution in [0.2, 0.25) is 0 Å². The highest BCUT2D eigenvalue weighted by atomic mass is 19.1. The number of carbonyl (C=O) groups is 1. The molecular formula is C20H18F2N2O2. The predicted molar refractivity (Wildman–Crippen MR) is 95.6 cm³/mol. The van der Waals surface area contributed by atoms with Gasteiger partial charge in [0, 0.05) is 12.0 Å². The molecule has 2 aromatic rings. The third-order valence-corrected chi connectivity index (χ3v) is 5.34. The van der Waals surface area contributed by atoms with E-state index in [0.29, 0.717) is 12.1 Å². The van der Waals surface area contributed by atoms with Crippen LogP contribution in [0.1, 0.15) is 30.9 Å². The molecule has 134 valence electrons. The number of hydrogen-bond donors (Lipinski definition) is 3. The van der Waals surface area contributed by atoms with Crippen LogP contribution >= 0.6 is 0 Å². The Hall–Kier alpha value is -2.73. The molecule has 6 heteroatoms. The van der Waals surface area contributed by atoms with Gasteiger partial charge < -0.3 is 16.2 Å². The first-order valence-electron chi connectivity index (χ1n) is 8.42. The zero-order chi connectivity index (χ0) is 18.6. The summed E-state index contributed by atoms with van der Waals surface area (Å²) in [4.78, 5) is 11.9. The van der Waals surface area contributed by atoms with Crippen molar-refractivity contribution in [2.24, 2.45) is 5.73 Å². The second-order valence-corrected chi connectivity index (χ2v) is 6.95. The minimum absolute atomic E-state index is 0.00615. The lowest BCUT2D eigenvalue weighted by Crippen LogP contribution is -2.19. The van der Waals surface area contributed by atoms with E-state index >= 15 is 4.39 Å². The second kappa shape index (κ2) is 5.64. The highest BCUT2D eigenvalue weighted by Crippen LogP contribution is 2.48. The molecule has 0 atom stereocenters. The molecule has 0 radical (unpaired) electrons. The maximum atomic E-state index is 15.1. The maximum absolute atomic E-state index is 15.1. The van der Waals surface area contributed by atoms with Gasteiger partial charge in [0.2, 0.25) is 0 Å². The smallest absolute Gasteiger partial charge is 0.259 e. The van der Waals surface area contributed by atoms with E-state index in [1.54, 1.807) is 12.1 Å². The van der Waals surface area contributed by atoms with Gasteiger partial charge in [-0.3, -0.25) is 4.79 Å². The number of aliphatic hydroxyl groups excluding tert-OH is 1. The number of carbonyl (C=O) groups excluding carboxylic acids is 1. The molecular weight excluding hydrogens is 338 g/mol. The van der Waals surface area contributed by atoms with Crippen LogP contribution in [0.4, 0.5) is 14.5 Å². The maximum Gasteiger partial charge on any atom is 0.259 e. The standard InChI is InChI=1S/C20H18F2N2O2/c1-10(25)15-17-14(24-19(15)26)8-13(21)16(18(17)22)11-2-4-12(5-3-11)20(9-23)6-7-20/h2-5,8,25H,6-7,9,23H2,1H3,(H,24,26)/b15-10+. The summed E-state index contributed by atoms with van der Waals surface area (Å²) in [5, 5.41) is 12.1. The number of nitrogens with one attached hydrogen (secondary N) is 1. The Morgan fingerprint density at radius 2 is 1.88 bits per heavy atom. The molecule has 1 heterocycles. The molecule has 1 amide bonds.